The van der Waals surface area contributed by atoms with Crippen molar-refractivity contribution >= 4 is 45.6 Å². The minimum Gasteiger partial charge on any atom is -0.496 e. The third kappa shape index (κ3) is 19.1. The summed E-state index contributed by atoms with van der Waals surface area (Å²) < 4.78 is 31.8. The van der Waals surface area contributed by atoms with Crippen molar-refractivity contribution in [3.63, 3.8) is 0 Å². The Morgan fingerprint density at radius 3 is 1.64 bits per heavy atom. The van der Waals surface area contributed by atoms with Crippen LogP contribution in [0.1, 0.15) is 162 Å². The maximum absolute atomic E-state index is 14.9. The normalized spacial score (nSPS) is 14.2. The van der Waals surface area contributed by atoms with E-state index in [-0.39, 0.29) is 23.5 Å². The molecule has 0 radical (unpaired) electrons. The summed E-state index contributed by atoms with van der Waals surface area (Å²) >= 11 is 0. The van der Waals surface area contributed by atoms with Gasteiger partial charge in [0, 0.05) is 60.7 Å². The number of anilines is 3. The monoisotopic (exact) mass is 1510 g/mol. The van der Waals surface area contributed by atoms with Crippen LogP contribution in [0.25, 0.3) is 27.8 Å². The highest BCUT2D eigenvalue weighted by molar-refractivity contribution is 6.05. The predicted octanol–water partition coefficient (Wildman–Crippen LogP) is 15.8. The first kappa shape index (κ1) is 77.6. The molecule has 0 aliphatic heterocycles. The number of aromatic nitrogens is 8. The molecule has 0 spiro atoms. The van der Waals surface area contributed by atoms with Gasteiger partial charge in [-0.2, -0.15) is 15.3 Å². The predicted molar refractivity (Wildman–Crippen MR) is 439 cm³/mol. The van der Waals surface area contributed by atoms with Crippen molar-refractivity contribution in [3.05, 3.63) is 333 Å². The second kappa shape index (κ2) is 35.5. The van der Waals surface area contributed by atoms with E-state index in [2.05, 4.69) is 82.9 Å². The molecule has 8 aromatic carbocycles. The number of carbonyl (C=O) groups excluding carboxylic acids is 3. The number of amides is 3. The fourth-order valence-corrected chi connectivity index (χ4v) is 14.1. The molecule has 3 aliphatic rings. The summed E-state index contributed by atoms with van der Waals surface area (Å²) in [7, 11) is 1.72. The molecule has 5 heterocycles. The number of hydrogen-bond donors (Lipinski definition) is 8. The summed E-state index contributed by atoms with van der Waals surface area (Å²) in [6.45, 7) is 8.28. The van der Waals surface area contributed by atoms with Gasteiger partial charge in [-0.3, -0.25) is 24.4 Å². The molecule has 21 nitrogen and oxygen atoms in total. The number of halogens is 1. The van der Waals surface area contributed by atoms with E-state index < -0.39 is 23.4 Å². The van der Waals surface area contributed by atoms with E-state index in [0.29, 0.717) is 102 Å². The quantitative estimate of drug-likeness (QED) is 0.0226. The zero-order chi connectivity index (χ0) is 78.5. The van der Waals surface area contributed by atoms with Crippen LogP contribution in [0.15, 0.2) is 243 Å². The Morgan fingerprint density at radius 2 is 1.09 bits per heavy atom. The van der Waals surface area contributed by atoms with Crippen LogP contribution < -0.4 is 43.2 Å². The number of aliphatic hydroxyl groups is 1. The van der Waals surface area contributed by atoms with Gasteiger partial charge in [-0.15, -0.1) is 0 Å². The van der Waals surface area contributed by atoms with Gasteiger partial charge in [-0.1, -0.05) is 122 Å². The van der Waals surface area contributed by atoms with Crippen molar-refractivity contribution in [2.45, 2.75) is 110 Å². The third-order valence-electron chi connectivity index (χ3n) is 20.6. The van der Waals surface area contributed by atoms with E-state index in [9.17, 15) is 23.9 Å². The van der Waals surface area contributed by atoms with Crippen molar-refractivity contribution in [3.8, 4) is 22.8 Å². The number of nitrogens with zero attached hydrogens (tertiary/aromatic N) is 8. The molecule has 3 saturated carbocycles. The lowest BCUT2D eigenvalue weighted by Gasteiger charge is -2.29. The third-order valence-corrected chi connectivity index (χ3v) is 20.6. The summed E-state index contributed by atoms with van der Waals surface area (Å²) in [6, 6.07) is 70.1. The number of carbonyl (C=O) groups is 3. The second-order valence-corrected chi connectivity index (χ2v) is 29.4. The molecule has 576 valence electrons. The lowest BCUT2D eigenvalue weighted by molar-refractivity contribution is 0.0625. The molecule has 3 fully saturated rings. The average Bonchev–Trinajstić information content (AvgIpc) is 1.77. The molecule has 11 N–H and O–H groups in total. The zero-order valence-electron chi connectivity index (χ0n) is 63.8. The van der Waals surface area contributed by atoms with Crippen LogP contribution in [0, 0.1) is 44.3 Å². The molecular formula is C91H94FN15O6. The SMILES string of the molecule is COc1ccc2ccccc2c1C(NCC1CC1)c1cccc(NC(=O)c2cc(C)nn2-c2cccc(CN)c2)c1.Cc1cc(C(=O)Nc2cc(C(OCC3CC3)c3cccnc3)ccc2F)n(-c2cccc(CN)c2)n1.Cc1cc(C(=O)Nc2cccc(C(O)(CCC3CC3)c3ccccn3)c2)n(-c2cccc(CN)c2)n1. The molecule has 13 aromatic rings. The van der Waals surface area contributed by atoms with Gasteiger partial charge < -0.3 is 53.0 Å². The van der Waals surface area contributed by atoms with Gasteiger partial charge in [0.1, 0.15) is 40.4 Å². The first-order chi connectivity index (χ1) is 55.0. The van der Waals surface area contributed by atoms with E-state index >= 15 is 0 Å². The van der Waals surface area contributed by atoms with Crippen LogP contribution in [0.5, 0.6) is 5.75 Å². The van der Waals surface area contributed by atoms with E-state index in [1.54, 1.807) is 77.0 Å². The average molecular weight is 1510 g/mol. The number of nitrogens with two attached hydrogens (primary N) is 3. The lowest BCUT2D eigenvalue weighted by atomic mass is 9.84. The summed E-state index contributed by atoms with van der Waals surface area (Å²) in [5, 5.41) is 40.4. The molecule has 5 aromatic heterocycles. The van der Waals surface area contributed by atoms with Gasteiger partial charge >= 0.3 is 0 Å². The van der Waals surface area contributed by atoms with Crippen molar-refractivity contribution < 1.29 is 33.4 Å². The molecule has 3 amide bonds. The topological polar surface area (TPSA) is 295 Å². The Morgan fingerprint density at radius 1 is 0.540 bits per heavy atom. The molecule has 3 unspecified atom stereocenters. The van der Waals surface area contributed by atoms with E-state index in [0.717, 1.165) is 104 Å². The largest absolute Gasteiger partial charge is 0.496 e. The van der Waals surface area contributed by atoms with Gasteiger partial charge in [0.25, 0.3) is 17.7 Å². The van der Waals surface area contributed by atoms with Crippen molar-refractivity contribution in [2.75, 3.05) is 36.2 Å². The highest BCUT2D eigenvalue weighted by Gasteiger charge is 2.36. The molecule has 0 bridgehead atoms. The number of fused-ring (bicyclic) bond motifs is 1. The maximum atomic E-state index is 14.9. The van der Waals surface area contributed by atoms with Gasteiger partial charge in [-0.05, 0) is 243 Å². The van der Waals surface area contributed by atoms with Gasteiger partial charge in [0.2, 0.25) is 0 Å². The van der Waals surface area contributed by atoms with Crippen LogP contribution in [0.2, 0.25) is 0 Å². The Balaban J connectivity index is 0.000000141. The maximum Gasteiger partial charge on any atom is 0.274 e. The zero-order valence-corrected chi connectivity index (χ0v) is 63.8. The van der Waals surface area contributed by atoms with Crippen molar-refractivity contribution in [1.29, 1.82) is 0 Å². The molecule has 0 saturated heterocycles. The summed E-state index contributed by atoms with van der Waals surface area (Å²) in [5.74, 6) is 1.24. The number of pyridine rings is 2. The summed E-state index contributed by atoms with van der Waals surface area (Å²) in [6.07, 6.45) is 13.5. The Hall–Kier alpha value is -12.2. The van der Waals surface area contributed by atoms with Crippen molar-refractivity contribution in [2.24, 2.45) is 35.0 Å². The molecule has 113 heavy (non-hydrogen) atoms. The Bertz CT molecular complexity index is 5500. The summed E-state index contributed by atoms with van der Waals surface area (Å²) in [4.78, 5) is 48.9. The lowest BCUT2D eigenvalue weighted by Crippen LogP contribution is -2.29. The highest BCUT2D eigenvalue weighted by Crippen LogP contribution is 2.43. The first-order valence-corrected chi connectivity index (χ1v) is 38.5. The molecule has 3 atom stereocenters. The molecular weight excluding hydrogens is 1420 g/mol. The number of rotatable bonds is 28. The number of nitrogens with one attached hydrogen (secondary N) is 4. The van der Waals surface area contributed by atoms with Crippen molar-refractivity contribution in [1.82, 2.24) is 44.6 Å². The molecule has 16 rings (SSSR count). The first-order valence-electron chi connectivity index (χ1n) is 38.5. The number of ether oxygens (including phenoxy) is 2. The molecule has 22 heteroatoms. The highest BCUT2D eigenvalue weighted by atomic mass is 19.1. The van der Waals surface area contributed by atoms with E-state index in [4.69, 9.17) is 26.7 Å². The van der Waals surface area contributed by atoms with Gasteiger partial charge in [0.15, 0.2) is 0 Å². The van der Waals surface area contributed by atoms with E-state index in [1.807, 2.05) is 166 Å². The minimum atomic E-state index is -1.23. The standard InChI is InChI=1S/C34H35N5O2.C29H31N5O2.C28H28FN5O2/c1-22-17-30(39(38-22)28-11-5-7-24(18-28)20-35)34(40)37-27-10-6-9-26(19-27)33(36-21-23-13-14-23)32-29-12-4-3-8-25(29)15-16-31(32)41-2;1-20-16-26(34(33-20)25-9-4-6-22(17-25)19-30)28(35)32-24-8-5-7-23(18-24)29(36,14-13-21-11-12-21)27-10-2-3-15-31-27;1-18-12-26(34(33-18)23-6-2-4-20(13-23)15-30)28(35)32-25-14-21(9-10-24(25)29)27(36-17-19-7-8-19)22-5-3-11-31-16-22/h3-12,15-19,23,33,36H,13-14,20-21,35H2,1-2H3,(H,37,40);2-10,15-18,21,36H,11-14,19,30H2,1H3,(H,32,35);2-6,9-14,16,19,27H,7-8,15,17,30H2,1H3,(H,32,35). The summed E-state index contributed by atoms with van der Waals surface area (Å²) in [5.41, 5.74) is 31.1. The Kier molecular flexibility index (Phi) is 24.3. The van der Waals surface area contributed by atoms with E-state index in [1.165, 1.54) is 31.7 Å². The van der Waals surface area contributed by atoms with Crippen LogP contribution >= 0.6 is 0 Å². The number of aryl methyl sites for hydroxylation is 3. The van der Waals surface area contributed by atoms with Crippen LogP contribution in [-0.4, -0.2) is 82.4 Å². The number of hydrogen-bond acceptors (Lipinski definition) is 15. The van der Waals surface area contributed by atoms with Crippen LogP contribution in [0.3, 0.4) is 0 Å². The number of benzene rings is 8. The second-order valence-electron chi connectivity index (χ2n) is 29.4. The fourth-order valence-electron chi connectivity index (χ4n) is 14.1. The molecule has 3 aliphatic carbocycles. The smallest absolute Gasteiger partial charge is 0.274 e. The number of methoxy groups -OCH3 is 1. The van der Waals surface area contributed by atoms with Crippen LogP contribution in [0.4, 0.5) is 21.5 Å². The fraction of sp³-hybridized carbons (Fsp3) is 0.253. The van der Waals surface area contributed by atoms with Crippen LogP contribution in [-0.2, 0) is 30.0 Å². The van der Waals surface area contributed by atoms with Gasteiger partial charge in [-0.25, -0.2) is 18.4 Å². The van der Waals surface area contributed by atoms with Gasteiger partial charge in [0.05, 0.1) is 65.3 Å². The Labute approximate surface area is 656 Å². The minimum absolute atomic E-state index is 0.0718.